The summed E-state index contributed by atoms with van der Waals surface area (Å²) >= 11 is 0. The summed E-state index contributed by atoms with van der Waals surface area (Å²) in [6.07, 6.45) is 0. The smallest absolute Gasteiger partial charge is 0.0998 e. The predicted molar refractivity (Wildman–Crippen MR) is 112 cm³/mol. The van der Waals surface area contributed by atoms with Crippen molar-refractivity contribution in [3.05, 3.63) is 108 Å². The van der Waals surface area contributed by atoms with E-state index in [1.54, 1.807) is 0 Å². The fourth-order valence-corrected chi connectivity index (χ4v) is 3.54. The molecule has 0 N–H and O–H groups in total. The molecule has 4 aromatic rings. The first-order valence-electron chi connectivity index (χ1n) is 9.03. The molecule has 0 heterocycles. The number of benzene rings is 4. The van der Waals surface area contributed by atoms with Crippen LogP contribution in [0.1, 0.15) is 11.1 Å². The topological polar surface area (TPSA) is 23.8 Å². The van der Waals surface area contributed by atoms with Gasteiger partial charge in [-0.2, -0.15) is 5.26 Å². The van der Waals surface area contributed by atoms with Crippen LogP contribution in [0.4, 0.5) is 0 Å². The van der Waals surface area contributed by atoms with Gasteiger partial charge >= 0.3 is 0 Å². The molecule has 0 atom stereocenters. The molecule has 0 aliphatic rings. The van der Waals surface area contributed by atoms with Crippen molar-refractivity contribution < 1.29 is 0 Å². The quantitative estimate of drug-likeness (QED) is 0.397. The van der Waals surface area contributed by atoms with Crippen LogP contribution in [0.25, 0.3) is 33.4 Å². The molecular formula is C26H19N. The van der Waals surface area contributed by atoms with Crippen LogP contribution in [-0.4, -0.2) is 0 Å². The molecule has 0 radical (unpaired) electrons. The SMILES string of the molecule is Cc1ccccc1-c1cc(C#N)c(-c2ccccc2)c(-c2ccccc2)c1. The Kier molecular flexibility index (Phi) is 4.56. The fraction of sp³-hybridized carbons (Fsp3) is 0.0385. The molecule has 1 heteroatoms. The molecule has 0 fully saturated rings. The van der Waals surface area contributed by atoms with E-state index in [1.807, 2.05) is 54.6 Å². The summed E-state index contributed by atoms with van der Waals surface area (Å²) in [6, 6.07) is 35.4. The molecule has 0 unspecified atom stereocenters. The molecule has 0 aliphatic heterocycles. The number of nitriles is 1. The maximum atomic E-state index is 9.94. The van der Waals surface area contributed by atoms with E-state index in [1.165, 1.54) is 5.56 Å². The van der Waals surface area contributed by atoms with Crippen LogP contribution in [0, 0.1) is 18.3 Å². The highest BCUT2D eigenvalue weighted by Gasteiger charge is 2.15. The second-order valence-electron chi connectivity index (χ2n) is 6.61. The number of rotatable bonds is 3. The third-order valence-corrected chi connectivity index (χ3v) is 4.86. The van der Waals surface area contributed by atoms with Gasteiger partial charge in [-0.25, -0.2) is 0 Å². The van der Waals surface area contributed by atoms with Gasteiger partial charge in [-0.1, -0.05) is 84.9 Å². The summed E-state index contributed by atoms with van der Waals surface area (Å²) in [5.74, 6) is 0. The standard InChI is InChI=1S/C26H19N/c1-19-10-8-9-15-24(19)22-16-23(18-27)26(21-13-6-3-7-14-21)25(17-22)20-11-4-2-5-12-20/h2-17H,1H3. The van der Waals surface area contributed by atoms with E-state index in [-0.39, 0.29) is 0 Å². The zero-order valence-electron chi connectivity index (χ0n) is 15.2. The Labute approximate surface area is 160 Å². The summed E-state index contributed by atoms with van der Waals surface area (Å²) in [7, 11) is 0. The van der Waals surface area contributed by atoms with E-state index in [4.69, 9.17) is 0 Å². The highest BCUT2D eigenvalue weighted by atomic mass is 14.3. The van der Waals surface area contributed by atoms with Crippen molar-refractivity contribution in [3.8, 4) is 39.4 Å². The molecule has 0 aliphatic carbocycles. The Hall–Kier alpha value is -3.63. The van der Waals surface area contributed by atoms with E-state index in [9.17, 15) is 5.26 Å². The molecule has 27 heavy (non-hydrogen) atoms. The largest absolute Gasteiger partial charge is 0.192 e. The fourth-order valence-electron chi connectivity index (χ4n) is 3.54. The minimum absolute atomic E-state index is 0.695. The summed E-state index contributed by atoms with van der Waals surface area (Å²) in [6.45, 7) is 2.11. The first kappa shape index (κ1) is 16.8. The Balaban J connectivity index is 2.05. The lowest BCUT2D eigenvalue weighted by molar-refractivity contribution is 1.44. The van der Waals surface area contributed by atoms with Crippen LogP contribution in [-0.2, 0) is 0 Å². The minimum Gasteiger partial charge on any atom is -0.192 e. The van der Waals surface area contributed by atoms with E-state index >= 15 is 0 Å². The summed E-state index contributed by atoms with van der Waals surface area (Å²) < 4.78 is 0. The molecule has 128 valence electrons. The van der Waals surface area contributed by atoms with Crippen LogP contribution in [0.2, 0.25) is 0 Å². The van der Waals surface area contributed by atoms with Gasteiger partial charge in [0, 0.05) is 5.56 Å². The highest BCUT2D eigenvalue weighted by Crippen LogP contribution is 2.39. The molecule has 1 nitrogen and oxygen atoms in total. The molecule has 0 aromatic heterocycles. The Morgan fingerprint density at radius 2 is 1.19 bits per heavy atom. The summed E-state index contributed by atoms with van der Waals surface area (Å²) in [5.41, 5.74) is 8.37. The number of hydrogen-bond acceptors (Lipinski definition) is 1. The molecule has 0 saturated heterocycles. The van der Waals surface area contributed by atoms with Crippen molar-refractivity contribution in [1.82, 2.24) is 0 Å². The first-order chi connectivity index (χ1) is 13.3. The van der Waals surface area contributed by atoms with Crippen LogP contribution in [0.15, 0.2) is 97.1 Å². The summed E-state index contributed by atoms with van der Waals surface area (Å²) in [5, 5.41) is 9.94. The normalized spacial score (nSPS) is 10.4. The third kappa shape index (κ3) is 3.26. The van der Waals surface area contributed by atoms with Crippen molar-refractivity contribution in [2.75, 3.05) is 0 Å². The molecule has 0 spiro atoms. The van der Waals surface area contributed by atoms with Crippen molar-refractivity contribution in [3.63, 3.8) is 0 Å². The van der Waals surface area contributed by atoms with Crippen LogP contribution in [0.3, 0.4) is 0 Å². The molecule has 4 rings (SSSR count). The number of aryl methyl sites for hydroxylation is 1. The lowest BCUT2D eigenvalue weighted by Crippen LogP contribution is -1.93. The zero-order valence-corrected chi connectivity index (χ0v) is 15.2. The molecule has 4 aromatic carbocycles. The van der Waals surface area contributed by atoms with Crippen molar-refractivity contribution in [2.45, 2.75) is 6.92 Å². The highest BCUT2D eigenvalue weighted by molar-refractivity contribution is 5.91. The van der Waals surface area contributed by atoms with Crippen LogP contribution in [0.5, 0.6) is 0 Å². The first-order valence-corrected chi connectivity index (χ1v) is 9.03. The van der Waals surface area contributed by atoms with Gasteiger partial charge in [-0.05, 0) is 52.4 Å². The number of hydrogen-bond donors (Lipinski definition) is 0. The molecular weight excluding hydrogens is 326 g/mol. The van der Waals surface area contributed by atoms with Gasteiger partial charge in [0.15, 0.2) is 0 Å². The minimum atomic E-state index is 0.695. The monoisotopic (exact) mass is 345 g/mol. The van der Waals surface area contributed by atoms with Crippen LogP contribution < -0.4 is 0 Å². The predicted octanol–water partition coefficient (Wildman–Crippen LogP) is 6.87. The van der Waals surface area contributed by atoms with E-state index in [0.717, 1.165) is 33.4 Å². The van der Waals surface area contributed by atoms with E-state index in [0.29, 0.717) is 5.56 Å². The van der Waals surface area contributed by atoms with Crippen LogP contribution >= 0.6 is 0 Å². The van der Waals surface area contributed by atoms with Gasteiger partial charge < -0.3 is 0 Å². The average molecular weight is 345 g/mol. The van der Waals surface area contributed by atoms with Crippen molar-refractivity contribution in [2.24, 2.45) is 0 Å². The molecule has 0 bridgehead atoms. The maximum Gasteiger partial charge on any atom is 0.0998 e. The number of nitrogens with zero attached hydrogens (tertiary/aromatic N) is 1. The zero-order chi connectivity index (χ0) is 18.6. The maximum absolute atomic E-state index is 9.94. The van der Waals surface area contributed by atoms with Gasteiger partial charge in [0.1, 0.15) is 0 Å². The van der Waals surface area contributed by atoms with E-state index in [2.05, 4.69) is 55.5 Å². The Bertz CT molecular complexity index is 1120. The van der Waals surface area contributed by atoms with Gasteiger partial charge in [-0.15, -0.1) is 0 Å². The average Bonchev–Trinajstić information content (AvgIpc) is 2.74. The second kappa shape index (κ2) is 7.32. The van der Waals surface area contributed by atoms with Gasteiger partial charge in [0.2, 0.25) is 0 Å². The third-order valence-electron chi connectivity index (χ3n) is 4.86. The Morgan fingerprint density at radius 3 is 1.81 bits per heavy atom. The Morgan fingerprint density at radius 1 is 0.593 bits per heavy atom. The van der Waals surface area contributed by atoms with Gasteiger partial charge in [0.25, 0.3) is 0 Å². The van der Waals surface area contributed by atoms with Gasteiger partial charge in [0.05, 0.1) is 11.6 Å². The van der Waals surface area contributed by atoms with Gasteiger partial charge in [-0.3, -0.25) is 0 Å². The lowest BCUT2D eigenvalue weighted by Gasteiger charge is -2.16. The van der Waals surface area contributed by atoms with Crippen molar-refractivity contribution >= 4 is 0 Å². The summed E-state index contributed by atoms with van der Waals surface area (Å²) in [4.78, 5) is 0. The van der Waals surface area contributed by atoms with E-state index < -0.39 is 0 Å². The second-order valence-corrected chi connectivity index (χ2v) is 6.61. The molecule has 0 saturated carbocycles. The molecule has 0 amide bonds. The van der Waals surface area contributed by atoms with Crippen molar-refractivity contribution in [1.29, 1.82) is 5.26 Å². The lowest BCUT2D eigenvalue weighted by atomic mass is 9.87.